The molecule has 0 bridgehead atoms. The second-order valence-electron chi connectivity index (χ2n) is 31.0. The molecule has 3 radical (unpaired) electrons. The Morgan fingerprint density at radius 3 is 0.828 bits per heavy atom. The monoisotopic (exact) mass is 1990 g/mol. The van der Waals surface area contributed by atoms with E-state index in [9.17, 15) is 72.2 Å². The summed E-state index contributed by atoms with van der Waals surface area (Å²) < 4.78 is 37.3. The summed E-state index contributed by atoms with van der Waals surface area (Å²) >= 11 is 0. The molecule has 2 amide bonds. The van der Waals surface area contributed by atoms with Crippen LogP contribution in [0.4, 0.5) is 9.59 Å². The molecule has 5 aromatic heterocycles. The first kappa shape index (κ1) is 122. The topological polar surface area (TPSA) is 471 Å². The van der Waals surface area contributed by atoms with Gasteiger partial charge in [-0.2, -0.15) is 0 Å². The van der Waals surface area contributed by atoms with Crippen molar-refractivity contribution in [3.8, 4) is 22.3 Å². The van der Waals surface area contributed by atoms with E-state index in [1.165, 1.54) is 82.8 Å². The molecule has 0 aliphatic heterocycles. The van der Waals surface area contributed by atoms with Crippen LogP contribution in [0.5, 0.6) is 0 Å². The van der Waals surface area contributed by atoms with Crippen molar-refractivity contribution in [2.24, 2.45) is 0 Å². The first-order chi connectivity index (χ1) is 68.5. The Morgan fingerprint density at radius 2 is 0.607 bits per heavy atom. The number of aliphatic hydroxyl groups is 1. The summed E-state index contributed by atoms with van der Waals surface area (Å²) in [5, 5.41) is 37.2. The number of nitrogens with zero attached hydrogens (tertiary/aromatic N) is 7. The van der Waals surface area contributed by atoms with Gasteiger partial charge in [0.05, 0.1) is 82.8 Å². The summed E-state index contributed by atoms with van der Waals surface area (Å²) in [6, 6.07) is 80.6. The quantitative estimate of drug-likeness (QED) is 0.00697. The number of aromatic nitrogens is 5. The number of carbonyl (C=O) groups excluding carboxylic acids is 12. The summed E-state index contributed by atoms with van der Waals surface area (Å²) in [5.74, 6) is -4.07. The fourth-order valence-electron chi connectivity index (χ4n) is 15.0. The molecule has 9 aromatic carbocycles. The van der Waals surface area contributed by atoms with Crippen LogP contribution in [0.3, 0.4) is 0 Å². The number of para-hydroxylation sites is 5. The Labute approximate surface area is 874 Å². The second-order valence-corrected chi connectivity index (χ2v) is 31.0. The van der Waals surface area contributed by atoms with Crippen LogP contribution < -0.4 is 64.6 Å². The standard InChI is InChI=1S/2C17H18N2O2.C13H15NO3.2C13H13NO3.2C12H11NO3.C4H6O4.C3H9N.C2H3BO2.Li.Na.H2O/c2*1-18-19(2)17(20)21-11-16-14-9-5-3-7-12(14)13-8-4-6-10-15(13)16;3*1-17-13(16)6-7-14-11(9-15)8-10-4-2-3-5-12(10)14;2*14-8-10-7-9-3-1-2-4-11(9)13(10)6-5-12(15)16;1-3(5)7-8-4(2)6;1-3-4-2;1-2(4)5-3;;;/h2*3-10,16,18H,11H2,1-2H3;2-5,8,15H,6-7,9H2,1H3;2*2-5,8-9H,6-7H2,1H3;2*1-4,7-8H,5-6H2,(H,15,16);1-2H3;4H,3H2,1-2H3;1H3;;;1H2/q;;;;;;;;;-1;2*+1;/p-1. The molecule has 0 saturated heterocycles. The van der Waals surface area contributed by atoms with Crippen LogP contribution in [0.15, 0.2) is 249 Å². The van der Waals surface area contributed by atoms with Crippen LogP contribution in [-0.4, -0.2) is 223 Å². The van der Waals surface area contributed by atoms with E-state index in [4.69, 9.17) is 19.7 Å². The van der Waals surface area contributed by atoms with Gasteiger partial charge in [0.1, 0.15) is 13.2 Å². The van der Waals surface area contributed by atoms with Crippen molar-refractivity contribution >= 4 is 148 Å². The van der Waals surface area contributed by atoms with E-state index in [1.54, 1.807) is 49.5 Å². The number of amides is 2. The van der Waals surface area contributed by atoms with Gasteiger partial charge in [0, 0.05) is 148 Å². The summed E-state index contributed by atoms with van der Waals surface area (Å²) in [5.41, 5.74) is 23.0. The summed E-state index contributed by atoms with van der Waals surface area (Å²) in [6.45, 7) is 9.38. The first-order valence-electron chi connectivity index (χ1n) is 44.8. The van der Waals surface area contributed by atoms with Crippen LogP contribution in [0.2, 0.25) is 0 Å². The summed E-state index contributed by atoms with van der Waals surface area (Å²) in [4.78, 5) is 159. The van der Waals surface area contributed by atoms with Crippen molar-refractivity contribution in [2.45, 2.75) is 111 Å². The number of ether oxygens (including phenoxy) is 5. The van der Waals surface area contributed by atoms with Crippen molar-refractivity contribution in [1.82, 2.24) is 49.0 Å². The van der Waals surface area contributed by atoms with Gasteiger partial charge in [0.15, 0.2) is 25.1 Å². The van der Waals surface area contributed by atoms with Crippen LogP contribution in [0.1, 0.15) is 142 Å². The summed E-state index contributed by atoms with van der Waals surface area (Å²) in [7, 11) is 17.0. The zero-order chi connectivity index (χ0) is 104. The smallest absolute Gasteiger partial charge is 0.870 e. The Morgan fingerprint density at radius 1 is 0.379 bits per heavy atom. The van der Waals surface area contributed by atoms with Crippen LogP contribution >= 0.6 is 0 Å². The maximum atomic E-state index is 11.8. The zero-order valence-corrected chi connectivity index (χ0v) is 85.5. The van der Waals surface area contributed by atoms with Gasteiger partial charge < -0.3 is 85.3 Å². The Hall–Kier alpha value is -14.9. The largest absolute Gasteiger partial charge is 1.00 e. The summed E-state index contributed by atoms with van der Waals surface area (Å²) in [6.07, 6.45) is 3.21. The molecular weight excluding hydrogens is 1870 g/mol. The Bertz CT molecular complexity index is 6210. The molecule has 0 unspecified atom stereocenters. The average Bonchev–Trinajstić information content (AvgIpc) is 1.61. The van der Waals surface area contributed by atoms with Crippen molar-refractivity contribution in [2.75, 3.05) is 76.3 Å². The number of hydrogen-bond acceptors (Lipinski definition) is 27. The normalized spacial score (nSPS) is 10.6. The number of aliphatic hydroxyl groups excluding tert-OH is 1. The molecule has 0 fully saturated rings. The predicted molar refractivity (Wildman–Crippen MR) is 538 cm³/mol. The minimum Gasteiger partial charge on any atom is -0.870 e. The fourth-order valence-corrected chi connectivity index (χ4v) is 15.0. The molecule has 36 nitrogen and oxygen atoms in total. The zero-order valence-electron chi connectivity index (χ0n) is 83.5. The van der Waals surface area contributed by atoms with Gasteiger partial charge in [-0.25, -0.2) is 49.8 Å². The minimum atomic E-state index is -0.866. The molecular formula is C106H118BLiN10NaO26. The number of aryl methyl sites for hydroxylation is 5. The van der Waals surface area contributed by atoms with E-state index in [2.05, 4.69) is 108 Å². The first-order valence-corrected chi connectivity index (χ1v) is 44.8. The van der Waals surface area contributed by atoms with Crippen LogP contribution in [0.25, 0.3) is 76.8 Å². The van der Waals surface area contributed by atoms with Gasteiger partial charge in [-0.15, -0.1) is 0 Å². The number of carbonyl (C=O) groups is 14. The van der Waals surface area contributed by atoms with Gasteiger partial charge in [-0.05, 0) is 124 Å². The van der Waals surface area contributed by atoms with E-state index in [0.717, 1.165) is 106 Å². The molecule has 145 heavy (non-hydrogen) atoms. The maximum absolute atomic E-state index is 11.8. The molecule has 0 saturated carbocycles. The van der Waals surface area contributed by atoms with Crippen LogP contribution in [0, 0.1) is 0 Å². The Balaban J connectivity index is 0.000000343. The van der Waals surface area contributed by atoms with Crippen molar-refractivity contribution in [3.05, 3.63) is 299 Å². The fraction of sp³-hybridized carbons (Fsp3) is 0.264. The number of carboxylic acids is 2. The number of fused-ring (bicyclic) bond motifs is 11. The van der Waals surface area contributed by atoms with Gasteiger partial charge in [-0.3, -0.25) is 47.9 Å². The molecule has 5 heterocycles. The number of rotatable bonds is 27. The minimum absolute atomic E-state index is 0. The molecule has 2 aliphatic rings. The van der Waals surface area contributed by atoms with Crippen molar-refractivity contribution in [3.63, 3.8) is 0 Å². The van der Waals surface area contributed by atoms with E-state index >= 15 is 0 Å². The predicted octanol–water partition coefficient (Wildman–Crippen LogP) is 9.31. The number of aldehydes is 4. The maximum Gasteiger partial charge on any atom is 1.00 e. The molecule has 753 valence electrons. The number of hydrazine groups is 2. The van der Waals surface area contributed by atoms with Crippen molar-refractivity contribution < 1.29 is 174 Å². The van der Waals surface area contributed by atoms with Gasteiger partial charge in [-0.1, -0.05) is 195 Å². The van der Waals surface area contributed by atoms with Crippen LogP contribution in [-0.2, 0) is 116 Å². The van der Waals surface area contributed by atoms with E-state index in [-0.39, 0.29) is 128 Å². The van der Waals surface area contributed by atoms with Crippen molar-refractivity contribution in [1.29, 1.82) is 0 Å². The molecule has 0 spiro atoms. The van der Waals surface area contributed by atoms with Gasteiger partial charge in [0.25, 0.3) is 0 Å². The molecule has 0 atom stereocenters. The van der Waals surface area contributed by atoms with E-state index in [1.807, 2.05) is 209 Å². The number of nitrogens with one attached hydrogen (secondary N) is 3. The third kappa shape index (κ3) is 36.5. The number of methoxy groups -OCH3 is 3. The molecule has 16 rings (SSSR count). The van der Waals surface area contributed by atoms with Gasteiger partial charge in [0.2, 0.25) is 5.97 Å². The van der Waals surface area contributed by atoms with Gasteiger partial charge >= 0.3 is 102 Å². The number of carboxylic acid groups (broad SMARTS) is 2. The van der Waals surface area contributed by atoms with E-state index < -0.39 is 29.8 Å². The molecule has 14 aromatic rings. The molecule has 39 heteroatoms. The number of benzene rings is 9. The second kappa shape index (κ2) is 64.6. The number of hydrogen-bond donors (Lipinski definition) is 6. The third-order valence-electron chi connectivity index (χ3n) is 22.0. The van der Waals surface area contributed by atoms with E-state index in [0.29, 0.717) is 75.1 Å². The number of esters is 3. The molecule has 2 aliphatic carbocycles. The number of aliphatic carboxylic acids is 2. The SMILES string of the molecule is CC(=O)OOC(C)=O.CCNC.CNN(C)C(=O)OCC1c2ccccc2-c2ccccc21.CNN(C)C(=O)OCC1c2ccccc2-c2ccccc21.COC(=O)CCn1c(C=O)cc2ccccc21.COC(=O)CCn1c(C=O)cc2ccccc21.COC(=O)CCn1c(CO)cc2ccccc21.O=Cc1cc2ccccc2n1CCC(=O)O.O=Cc1cc2ccccc2n1CCC(=O)O.[B-]OC(C)=O.[Li+].[Na+].[OH-]. The average molecular weight is 1990 g/mol. The Kier molecular flexibility index (Phi) is 54.5. The third-order valence-corrected chi connectivity index (χ3v) is 22.0. The molecule has 7 N–H and O–H groups in total.